The second-order valence-corrected chi connectivity index (χ2v) is 5.08. The monoisotopic (exact) mass is 278 g/mol. The van der Waals surface area contributed by atoms with E-state index in [1.54, 1.807) is 0 Å². The fourth-order valence-electron chi connectivity index (χ4n) is 2.62. The number of nitrogens with zero attached hydrogens (tertiary/aromatic N) is 1. The highest BCUT2D eigenvalue weighted by Gasteiger charge is 2.21. The van der Waals surface area contributed by atoms with Crippen LogP contribution in [0.4, 0.5) is 5.69 Å². The Hall–Kier alpha value is -2.11. The molecule has 1 heterocycles. The number of anilines is 1. The van der Waals surface area contributed by atoms with Crippen LogP contribution in [0, 0.1) is 5.92 Å². The molecule has 1 aromatic rings. The number of rotatable bonds is 5. The molecule has 0 aliphatic heterocycles. The summed E-state index contributed by atoms with van der Waals surface area (Å²) in [4.78, 5) is 26.1. The van der Waals surface area contributed by atoms with E-state index >= 15 is 0 Å². The van der Waals surface area contributed by atoms with E-state index in [0.717, 1.165) is 12.8 Å². The normalized spacial score (nSPS) is 15.8. The minimum Gasteiger partial charge on any atom is -0.478 e. The van der Waals surface area contributed by atoms with Crippen LogP contribution in [0.1, 0.15) is 53.0 Å². The van der Waals surface area contributed by atoms with Crippen LogP contribution in [0.15, 0.2) is 12.3 Å². The number of aromatic nitrogens is 1. The Morgan fingerprint density at radius 2 is 1.90 bits per heavy atom. The minimum atomic E-state index is -1.22. The molecule has 6 heteroatoms. The van der Waals surface area contributed by atoms with Gasteiger partial charge in [-0.15, -0.1) is 0 Å². The Morgan fingerprint density at radius 1 is 1.20 bits per heavy atom. The molecule has 0 aromatic carbocycles. The summed E-state index contributed by atoms with van der Waals surface area (Å²) in [6, 6.07) is 1.32. The van der Waals surface area contributed by atoms with Gasteiger partial charge in [-0.3, -0.25) is 0 Å². The predicted octanol–water partition coefficient (Wildman–Crippen LogP) is 2.47. The van der Waals surface area contributed by atoms with Gasteiger partial charge in [0.2, 0.25) is 0 Å². The zero-order chi connectivity index (χ0) is 14.5. The fraction of sp³-hybridized carbons (Fsp3) is 0.500. The molecule has 1 saturated carbocycles. The molecule has 1 aliphatic rings. The average molecular weight is 278 g/mol. The Kier molecular flexibility index (Phi) is 4.55. The lowest BCUT2D eigenvalue weighted by Gasteiger charge is -2.23. The molecule has 0 amide bonds. The second kappa shape index (κ2) is 6.36. The summed E-state index contributed by atoms with van der Waals surface area (Å²) in [5.41, 5.74) is -0.174. The van der Waals surface area contributed by atoms with E-state index in [4.69, 9.17) is 10.2 Å². The summed E-state index contributed by atoms with van der Waals surface area (Å²) in [6.07, 6.45) is 6.99. The van der Waals surface area contributed by atoms with Crippen molar-refractivity contribution in [3.05, 3.63) is 23.5 Å². The zero-order valence-corrected chi connectivity index (χ0v) is 11.1. The van der Waals surface area contributed by atoms with Gasteiger partial charge in [-0.2, -0.15) is 0 Å². The van der Waals surface area contributed by atoms with Gasteiger partial charge < -0.3 is 15.5 Å². The van der Waals surface area contributed by atoms with Gasteiger partial charge in [-0.25, -0.2) is 14.6 Å². The summed E-state index contributed by atoms with van der Waals surface area (Å²) in [7, 11) is 0. The number of pyridine rings is 1. The quantitative estimate of drug-likeness (QED) is 0.765. The Balaban J connectivity index is 2.19. The van der Waals surface area contributed by atoms with Crippen LogP contribution < -0.4 is 5.32 Å². The van der Waals surface area contributed by atoms with Gasteiger partial charge >= 0.3 is 11.9 Å². The van der Waals surface area contributed by atoms with E-state index in [0.29, 0.717) is 12.5 Å². The third-order valence-electron chi connectivity index (χ3n) is 3.68. The molecule has 20 heavy (non-hydrogen) atoms. The summed E-state index contributed by atoms with van der Waals surface area (Å²) < 4.78 is 0. The van der Waals surface area contributed by atoms with Crippen molar-refractivity contribution in [3.63, 3.8) is 0 Å². The third kappa shape index (κ3) is 3.26. The number of carboxylic acids is 2. The second-order valence-electron chi connectivity index (χ2n) is 5.08. The Morgan fingerprint density at radius 3 is 2.50 bits per heavy atom. The molecule has 1 aliphatic carbocycles. The predicted molar refractivity (Wildman–Crippen MR) is 73.2 cm³/mol. The van der Waals surface area contributed by atoms with E-state index in [1.807, 2.05) is 0 Å². The first-order valence-electron chi connectivity index (χ1n) is 6.79. The van der Waals surface area contributed by atoms with Crippen molar-refractivity contribution in [2.75, 3.05) is 11.9 Å². The molecule has 0 radical (unpaired) electrons. The first kappa shape index (κ1) is 14.3. The number of hydrogen-bond acceptors (Lipinski definition) is 4. The summed E-state index contributed by atoms with van der Waals surface area (Å²) in [5, 5.41) is 21.3. The molecular weight excluding hydrogens is 260 g/mol. The van der Waals surface area contributed by atoms with Crippen molar-refractivity contribution in [2.45, 2.75) is 32.1 Å². The van der Waals surface area contributed by atoms with Gasteiger partial charge in [0.25, 0.3) is 0 Å². The maximum atomic E-state index is 11.2. The van der Waals surface area contributed by atoms with Crippen molar-refractivity contribution >= 4 is 17.6 Å². The van der Waals surface area contributed by atoms with Gasteiger partial charge in [-0.1, -0.05) is 19.3 Å². The van der Waals surface area contributed by atoms with Crippen LogP contribution in [0.25, 0.3) is 0 Å². The lowest BCUT2D eigenvalue weighted by molar-refractivity contribution is 0.0691. The minimum absolute atomic E-state index is 0.0480. The van der Waals surface area contributed by atoms with E-state index < -0.39 is 11.9 Å². The maximum absolute atomic E-state index is 11.2. The number of aromatic carboxylic acids is 2. The van der Waals surface area contributed by atoms with Crippen LogP contribution >= 0.6 is 0 Å². The van der Waals surface area contributed by atoms with E-state index in [2.05, 4.69) is 10.3 Å². The van der Waals surface area contributed by atoms with Gasteiger partial charge in [0.15, 0.2) is 5.69 Å². The SMILES string of the molecule is O=C(O)c1ccnc(C(=O)O)c1NCC1CCCCC1. The molecule has 0 unspecified atom stereocenters. The molecule has 6 nitrogen and oxygen atoms in total. The first-order valence-corrected chi connectivity index (χ1v) is 6.79. The lowest BCUT2D eigenvalue weighted by Crippen LogP contribution is -2.20. The van der Waals surface area contributed by atoms with Crippen molar-refractivity contribution in [1.82, 2.24) is 4.98 Å². The van der Waals surface area contributed by atoms with E-state index in [1.165, 1.54) is 31.5 Å². The Bertz CT molecular complexity index is 478. The molecule has 0 spiro atoms. The first-order chi connectivity index (χ1) is 9.59. The molecule has 108 valence electrons. The van der Waals surface area contributed by atoms with Crippen LogP contribution in [0.3, 0.4) is 0 Å². The van der Waals surface area contributed by atoms with Crippen LogP contribution in [-0.2, 0) is 0 Å². The van der Waals surface area contributed by atoms with Crippen LogP contribution in [0.5, 0.6) is 0 Å². The van der Waals surface area contributed by atoms with Gasteiger partial charge in [0.05, 0.1) is 11.3 Å². The molecule has 0 atom stereocenters. The number of hydrogen-bond donors (Lipinski definition) is 3. The highest BCUT2D eigenvalue weighted by atomic mass is 16.4. The van der Waals surface area contributed by atoms with Crippen molar-refractivity contribution < 1.29 is 19.8 Å². The standard InChI is InChI=1S/C14H18N2O4/c17-13(18)10-6-7-15-12(14(19)20)11(10)16-8-9-4-2-1-3-5-9/h6-7,9,16H,1-5,8H2,(H,17,18)(H,19,20). The molecule has 1 aromatic heterocycles. The number of nitrogens with one attached hydrogen (secondary N) is 1. The summed E-state index contributed by atoms with van der Waals surface area (Å²) >= 11 is 0. The summed E-state index contributed by atoms with van der Waals surface area (Å²) in [5.74, 6) is -1.91. The van der Waals surface area contributed by atoms with Gasteiger partial charge in [0.1, 0.15) is 0 Å². The van der Waals surface area contributed by atoms with Gasteiger partial charge in [-0.05, 0) is 24.8 Å². The topological polar surface area (TPSA) is 99.5 Å². The molecular formula is C14H18N2O4. The molecule has 2 rings (SSSR count). The summed E-state index contributed by atoms with van der Waals surface area (Å²) in [6.45, 7) is 0.590. The maximum Gasteiger partial charge on any atom is 0.356 e. The largest absolute Gasteiger partial charge is 0.478 e. The van der Waals surface area contributed by atoms with Crippen molar-refractivity contribution in [2.24, 2.45) is 5.92 Å². The van der Waals surface area contributed by atoms with E-state index in [9.17, 15) is 9.59 Å². The lowest BCUT2D eigenvalue weighted by atomic mass is 9.89. The highest BCUT2D eigenvalue weighted by molar-refractivity contribution is 6.01. The average Bonchev–Trinajstić information content (AvgIpc) is 2.45. The highest BCUT2D eigenvalue weighted by Crippen LogP contribution is 2.26. The van der Waals surface area contributed by atoms with Crippen molar-refractivity contribution in [3.8, 4) is 0 Å². The molecule has 0 bridgehead atoms. The fourth-order valence-corrected chi connectivity index (χ4v) is 2.62. The van der Waals surface area contributed by atoms with E-state index in [-0.39, 0.29) is 16.9 Å². The third-order valence-corrected chi connectivity index (χ3v) is 3.68. The van der Waals surface area contributed by atoms with Crippen LogP contribution in [-0.4, -0.2) is 33.7 Å². The molecule has 0 saturated heterocycles. The van der Waals surface area contributed by atoms with Crippen LogP contribution in [0.2, 0.25) is 0 Å². The number of carboxylic acid groups (broad SMARTS) is 2. The smallest absolute Gasteiger partial charge is 0.356 e. The van der Waals surface area contributed by atoms with Gasteiger partial charge in [0, 0.05) is 12.7 Å². The van der Waals surface area contributed by atoms with Crippen molar-refractivity contribution in [1.29, 1.82) is 0 Å². The molecule has 3 N–H and O–H groups in total. The Labute approximate surface area is 116 Å². The zero-order valence-electron chi connectivity index (χ0n) is 11.1. The number of carbonyl (C=O) groups is 2. The molecule has 1 fully saturated rings.